The van der Waals surface area contributed by atoms with E-state index in [1.165, 1.54) is 0 Å². The smallest absolute Gasteiger partial charge is 0.270 e. The summed E-state index contributed by atoms with van der Waals surface area (Å²) < 4.78 is 16.7. The minimum absolute atomic E-state index is 0.0185. The van der Waals surface area contributed by atoms with Gasteiger partial charge in [-0.2, -0.15) is 0 Å². The molecule has 3 aliphatic heterocycles. The molecule has 3 fully saturated rings. The number of rotatable bonds is 9. The number of amides is 3. The Labute approximate surface area is 230 Å². The predicted octanol–water partition coefficient (Wildman–Crippen LogP) is 2.24. The molecule has 2 N–H and O–H groups in total. The van der Waals surface area contributed by atoms with Gasteiger partial charge in [0.05, 0.1) is 11.6 Å². The Morgan fingerprint density at radius 2 is 1.92 bits per heavy atom. The molecule has 0 bridgehead atoms. The second-order valence-corrected chi connectivity index (χ2v) is 11.7. The molecule has 1 saturated carbocycles. The number of ether oxygens (including phenoxy) is 3. The summed E-state index contributed by atoms with van der Waals surface area (Å²) in [4.78, 5) is 43.7. The third kappa shape index (κ3) is 6.23. The zero-order chi connectivity index (χ0) is 27.6. The van der Waals surface area contributed by atoms with Crippen molar-refractivity contribution in [2.45, 2.75) is 70.1 Å². The molecule has 0 unspecified atom stereocenters. The van der Waals surface area contributed by atoms with Crippen LogP contribution in [0.25, 0.3) is 0 Å². The molecule has 5 rings (SSSR count). The van der Waals surface area contributed by atoms with Gasteiger partial charge in [-0.25, -0.2) is 0 Å². The molecule has 2 saturated heterocycles. The number of benzene rings is 1. The van der Waals surface area contributed by atoms with E-state index in [4.69, 9.17) is 14.2 Å². The van der Waals surface area contributed by atoms with Gasteiger partial charge in [-0.15, -0.1) is 0 Å². The monoisotopic (exact) mass is 542 g/mol. The average Bonchev–Trinajstić information content (AvgIpc) is 3.77. The van der Waals surface area contributed by atoms with Crippen LogP contribution in [0, 0.1) is 11.8 Å². The summed E-state index contributed by atoms with van der Waals surface area (Å²) in [6.45, 7) is 7.10. The molecular weight excluding hydrogens is 500 g/mol. The first-order valence-electron chi connectivity index (χ1n) is 14.3. The van der Waals surface area contributed by atoms with Gasteiger partial charge >= 0.3 is 0 Å². The minimum Gasteiger partial charge on any atom is -0.476 e. The number of piperidine rings is 1. The standard InChI is InChI=1S/C29H42N4O6/c1-29(2)28(36)32(11-4-12-37-3)24-16-23(7-8-25(24)39-29)33(22-5-6-22)27(35)20-15-21(18-30-17-20)31-26(34)19-9-13-38-14-10-19/h7-8,16,19-22,30H,4-6,9-15,17-18H2,1-3H3,(H,31,34)/t20-,21+/m1/s1. The summed E-state index contributed by atoms with van der Waals surface area (Å²) in [6, 6.07) is 5.78. The quantitative estimate of drug-likeness (QED) is 0.461. The summed E-state index contributed by atoms with van der Waals surface area (Å²) in [5, 5.41) is 6.55. The molecule has 0 aromatic heterocycles. The minimum atomic E-state index is -0.967. The number of carbonyl (C=O) groups is 3. The average molecular weight is 543 g/mol. The summed E-state index contributed by atoms with van der Waals surface area (Å²) in [5.41, 5.74) is 0.503. The van der Waals surface area contributed by atoms with Gasteiger partial charge in [0.2, 0.25) is 11.8 Å². The first-order chi connectivity index (χ1) is 18.8. The molecule has 1 aromatic carbocycles. The number of methoxy groups -OCH3 is 1. The van der Waals surface area contributed by atoms with Gasteiger partial charge in [0.1, 0.15) is 5.75 Å². The Balaban J connectivity index is 1.32. The zero-order valence-electron chi connectivity index (χ0n) is 23.4. The van der Waals surface area contributed by atoms with Crippen molar-refractivity contribution in [2.75, 3.05) is 56.4 Å². The lowest BCUT2D eigenvalue weighted by Crippen LogP contribution is -2.54. The first-order valence-corrected chi connectivity index (χ1v) is 14.3. The third-order valence-electron chi connectivity index (χ3n) is 8.15. The van der Waals surface area contributed by atoms with E-state index < -0.39 is 5.60 Å². The van der Waals surface area contributed by atoms with Gasteiger partial charge in [-0.1, -0.05) is 0 Å². The fourth-order valence-electron chi connectivity index (χ4n) is 5.86. The molecule has 1 aromatic rings. The first kappa shape index (κ1) is 27.9. The van der Waals surface area contributed by atoms with Crippen molar-refractivity contribution in [3.8, 4) is 5.75 Å². The van der Waals surface area contributed by atoms with Gasteiger partial charge in [-0.3, -0.25) is 14.4 Å². The highest BCUT2D eigenvalue weighted by molar-refractivity contribution is 6.04. The van der Waals surface area contributed by atoms with Crippen LogP contribution in [0.1, 0.15) is 52.4 Å². The van der Waals surface area contributed by atoms with Gasteiger partial charge < -0.3 is 34.6 Å². The molecule has 39 heavy (non-hydrogen) atoms. The Bertz CT molecular complexity index is 1070. The van der Waals surface area contributed by atoms with Crippen LogP contribution in [0.3, 0.4) is 0 Å². The lowest BCUT2D eigenvalue weighted by Gasteiger charge is -2.40. The number of hydrogen-bond acceptors (Lipinski definition) is 7. The van der Waals surface area contributed by atoms with E-state index in [1.807, 2.05) is 23.1 Å². The van der Waals surface area contributed by atoms with Crippen molar-refractivity contribution >= 4 is 29.1 Å². The van der Waals surface area contributed by atoms with E-state index in [-0.39, 0.29) is 41.6 Å². The summed E-state index contributed by atoms with van der Waals surface area (Å²) >= 11 is 0. The van der Waals surface area contributed by atoms with Gasteiger partial charge in [0.25, 0.3) is 5.91 Å². The fourth-order valence-corrected chi connectivity index (χ4v) is 5.86. The molecule has 2 atom stereocenters. The van der Waals surface area contributed by atoms with Crippen LogP contribution < -0.4 is 25.2 Å². The second-order valence-electron chi connectivity index (χ2n) is 11.7. The Morgan fingerprint density at radius 3 is 2.64 bits per heavy atom. The summed E-state index contributed by atoms with van der Waals surface area (Å²) in [7, 11) is 1.65. The number of nitrogens with one attached hydrogen (secondary N) is 2. The van der Waals surface area contributed by atoms with Crippen molar-refractivity contribution in [1.82, 2.24) is 10.6 Å². The Kier molecular flexibility index (Phi) is 8.44. The van der Waals surface area contributed by atoms with Crippen LogP contribution in [0.5, 0.6) is 5.75 Å². The Morgan fingerprint density at radius 1 is 1.15 bits per heavy atom. The molecule has 214 valence electrons. The maximum Gasteiger partial charge on any atom is 0.270 e. The van der Waals surface area contributed by atoms with Crippen molar-refractivity contribution in [3.05, 3.63) is 18.2 Å². The van der Waals surface area contributed by atoms with E-state index in [1.54, 1.807) is 25.9 Å². The van der Waals surface area contributed by atoms with Crippen molar-refractivity contribution in [3.63, 3.8) is 0 Å². The van der Waals surface area contributed by atoms with Gasteiger partial charge in [0, 0.05) is 70.3 Å². The van der Waals surface area contributed by atoms with Crippen LogP contribution in [-0.4, -0.2) is 82.0 Å². The SMILES string of the molecule is COCCCN1C(=O)C(C)(C)Oc2ccc(N(C(=O)[C@H]3CNC[C@@H](NC(=O)C4CCOCC4)C3)C3CC3)cc21. The van der Waals surface area contributed by atoms with Crippen molar-refractivity contribution < 1.29 is 28.6 Å². The number of anilines is 2. The molecule has 3 heterocycles. The molecule has 0 radical (unpaired) electrons. The molecule has 10 heteroatoms. The van der Waals surface area contributed by atoms with Crippen LogP contribution in [0.4, 0.5) is 11.4 Å². The highest BCUT2D eigenvalue weighted by atomic mass is 16.5. The van der Waals surface area contributed by atoms with Gasteiger partial charge in [0.15, 0.2) is 5.60 Å². The topological polar surface area (TPSA) is 109 Å². The molecule has 10 nitrogen and oxygen atoms in total. The number of hydrogen-bond donors (Lipinski definition) is 2. The number of carbonyl (C=O) groups excluding carboxylic acids is 3. The number of fused-ring (bicyclic) bond motifs is 1. The molecular formula is C29H42N4O6. The highest BCUT2D eigenvalue weighted by Crippen LogP contribution is 2.43. The van der Waals surface area contributed by atoms with Crippen LogP contribution in [0.2, 0.25) is 0 Å². The highest BCUT2D eigenvalue weighted by Gasteiger charge is 2.43. The Hall–Kier alpha value is -2.69. The predicted molar refractivity (Wildman–Crippen MR) is 147 cm³/mol. The number of nitrogens with zero attached hydrogens (tertiary/aromatic N) is 2. The van der Waals surface area contributed by atoms with Gasteiger partial charge in [-0.05, 0) is 70.6 Å². The lowest BCUT2D eigenvalue weighted by molar-refractivity contribution is -0.132. The lowest BCUT2D eigenvalue weighted by atomic mass is 9.92. The maximum atomic E-state index is 14.0. The van der Waals surface area contributed by atoms with E-state index in [0.717, 1.165) is 31.4 Å². The maximum absolute atomic E-state index is 14.0. The van der Waals surface area contributed by atoms with E-state index >= 15 is 0 Å². The molecule has 4 aliphatic rings. The van der Waals surface area contributed by atoms with Crippen molar-refractivity contribution in [1.29, 1.82) is 0 Å². The molecule has 3 amide bonds. The fraction of sp³-hybridized carbons (Fsp3) is 0.690. The van der Waals surface area contributed by atoms with E-state index in [0.29, 0.717) is 63.7 Å². The van der Waals surface area contributed by atoms with Crippen LogP contribution in [0.15, 0.2) is 18.2 Å². The summed E-state index contributed by atoms with van der Waals surface area (Å²) in [6.07, 6.45) is 4.69. The third-order valence-corrected chi connectivity index (χ3v) is 8.15. The molecule has 0 spiro atoms. The van der Waals surface area contributed by atoms with Crippen LogP contribution >= 0.6 is 0 Å². The van der Waals surface area contributed by atoms with Crippen molar-refractivity contribution in [2.24, 2.45) is 11.8 Å². The largest absolute Gasteiger partial charge is 0.476 e. The summed E-state index contributed by atoms with van der Waals surface area (Å²) in [5.74, 6) is 0.392. The van der Waals surface area contributed by atoms with Crippen LogP contribution in [-0.2, 0) is 23.9 Å². The normalized spacial score (nSPS) is 25.0. The molecule has 1 aliphatic carbocycles. The van der Waals surface area contributed by atoms with E-state index in [9.17, 15) is 14.4 Å². The zero-order valence-corrected chi connectivity index (χ0v) is 23.4. The van der Waals surface area contributed by atoms with E-state index in [2.05, 4.69) is 10.6 Å². The second kappa shape index (κ2) is 11.8.